The SMILES string of the molecule is CCOC(=O)Nc1ccc(C)cc1C1=C(I)CCN1S(=O)(=O)c1ccc(C)cc1. The van der Waals surface area contributed by atoms with Crippen molar-refractivity contribution < 1.29 is 17.9 Å². The fourth-order valence-electron chi connectivity index (χ4n) is 3.16. The van der Waals surface area contributed by atoms with Crippen LogP contribution in [0.1, 0.15) is 30.0 Å². The Labute approximate surface area is 185 Å². The van der Waals surface area contributed by atoms with Gasteiger partial charge in [0.2, 0.25) is 0 Å². The number of nitrogens with zero attached hydrogens (tertiary/aromatic N) is 1. The van der Waals surface area contributed by atoms with Crippen LogP contribution in [0, 0.1) is 13.8 Å². The lowest BCUT2D eigenvalue weighted by Crippen LogP contribution is -2.28. The van der Waals surface area contributed by atoms with E-state index in [1.54, 1.807) is 37.3 Å². The van der Waals surface area contributed by atoms with Crippen LogP contribution in [0.15, 0.2) is 50.9 Å². The van der Waals surface area contributed by atoms with Crippen molar-refractivity contribution in [2.75, 3.05) is 18.5 Å². The molecule has 1 heterocycles. The molecule has 0 saturated heterocycles. The number of carbonyl (C=O) groups excluding carboxylic acids is 1. The minimum Gasteiger partial charge on any atom is -0.450 e. The molecule has 0 aliphatic carbocycles. The van der Waals surface area contributed by atoms with Gasteiger partial charge in [0.05, 0.1) is 22.9 Å². The summed E-state index contributed by atoms with van der Waals surface area (Å²) in [5, 5.41) is 2.74. The summed E-state index contributed by atoms with van der Waals surface area (Å²) in [6, 6.07) is 12.4. The molecule has 0 saturated carbocycles. The van der Waals surface area contributed by atoms with E-state index in [1.165, 1.54) is 4.31 Å². The van der Waals surface area contributed by atoms with E-state index in [1.807, 2.05) is 26.0 Å². The van der Waals surface area contributed by atoms with Gasteiger partial charge in [-0.05, 0) is 74.0 Å². The second-order valence-corrected chi connectivity index (χ2v) is 9.95. The number of amides is 1. The van der Waals surface area contributed by atoms with E-state index in [2.05, 4.69) is 27.9 Å². The molecule has 29 heavy (non-hydrogen) atoms. The molecule has 0 bridgehead atoms. The van der Waals surface area contributed by atoms with E-state index in [-0.39, 0.29) is 11.5 Å². The fraction of sp³-hybridized carbons (Fsp3) is 0.286. The maximum atomic E-state index is 13.4. The van der Waals surface area contributed by atoms with Crippen LogP contribution in [0.3, 0.4) is 0 Å². The van der Waals surface area contributed by atoms with Crippen molar-refractivity contribution in [3.05, 3.63) is 62.7 Å². The van der Waals surface area contributed by atoms with E-state index in [9.17, 15) is 13.2 Å². The average molecular weight is 526 g/mol. The Bertz CT molecular complexity index is 1060. The van der Waals surface area contributed by atoms with E-state index in [4.69, 9.17) is 4.74 Å². The number of sulfonamides is 1. The second-order valence-electron chi connectivity index (χ2n) is 6.79. The van der Waals surface area contributed by atoms with Gasteiger partial charge in [0, 0.05) is 15.7 Å². The highest BCUT2D eigenvalue weighted by molar-refractivity contribution is 14.1. The Kier molecular flexibility index (Phi) is 6.52. The number of benzene rings is 2. The monoisotopic (exact) mass is 526 g/mol. The molecule has 1 aliphatic rings. The highest BCUT2D eigenvalue weighted by atomic mass is 127. The van der Waals surface area contributed by atoms with Gasteiger partial charge in [-0.1, -0.05) is 29.3 Å². The third-order valence-electron chi connectivity index (χ3n) is 4.59. The first-order valence-electron chi connectivity index (χ1n) is 9.27. The zero-order chi connectivity index (χ0) is 21.2. The Hall–Kier alpha value is -2.07. The van der Waals surface area contributed by atoms with Gasteiger partial charge in [0.25, 0.3) is 10.0 Å². The van der Waals surface area contributed by atoms with Crippen LogP contribution in [-0.4, -0.2) is 32.0 Å². The number of rotatable bonds is 5. The molecule has 1 amide bonds. The lowest BCUT2D eigenvalue weighted by atomic mass is 10.1. The van der Waals surface area contributed by atoms with Crippen molar-refractivity contribution in [2.24, 2.45) is 0 Å². The summed E-state index contributed by atoms with van der Waals surface area (Å²) in [5.74, 6) is 0. The highest BCUT2D eigenvalue weighted by Gasteiger charge is 2.34. The number of carbonyl (C=O) groups is 1. The average Bonchev–Trinajstić information content (AvgIpc) is 3.06. The standard InChI is InChI=1S/C21H23IN2O4S/c1-4-28-21(25)23-19-10-7-15(3)13-17(19)20-18(22)11-12-24(20)29(26,27)16-8-5-14(2)6-9-16/h5-10,13H,4,11-12H2,1-3H3,(H,23,25). The van der Waals surface area contributed by atoms with E-state index in [0.29, 0.717) is 29.9 Å². The molecule has 3 rings (SSSR count). The molecule has 8 heteroatoms. The normalized spacial score (nSPS) is 14.3. The minimum atomic E-state index is -3.73. The lowest BCUT2D eigenvalue weighted by Gasteiger charge is -2.24. The highest BCUT2D eigenvalue weighted by Crippen LogP contribution is 2.41. The number of aryl methyl sites for hydroxylation is 2. The molecule has 0 radical (unpaired) electrons. The summed E-state index contributed by atoms with van der Waals surface area (Å²) in [6.45, 7) is 6.19. The first-order chi connectivity index (χ1) is 13.7. The molecule has 0 spiro atoms. The van der Waals surface area contributed by atoms with Crippen LogP contribution in [0.25, 0.3) is 5.70 Å². The Balaban J connectivity index is 2.07. The largest absolute Gasteiger partial charge is 0.450 e. The van der Waals surface area contributed by atoms with Crippen LogP contribution in [0.2, 0.25) is 0 Å². The van der Waals surface area contributed by atoms with E-state index in [0.717, 1.165) is 14.7 Å². The third-order valence-corrected chi connectivity index (χ3v) is 7.46. The van der Waals surface area contributed by atoms with Crippen molar-refractivity contribution >= 4 is 50.1 Å². The number of hydrogen-bond donors (Lipinski definition) is 1. The van der Waals surface area contributed by atoms with Crippen LogP contribution >= 0.6 is 22.6 Å². The molecular formula is C21H23IN2O4S. The number of ether oxygens (including phenoxy) is 1. The van der Waals surface area contributed by atoms with Gasteiger partial charge in [0.15, 0.2) is 0 Å². The molecule has 2 aromatic carbocycles. The molecule has 1 N–H and O–H groups in total. The van der Waals surface area contributed by atoms with Crippen LogP contribution in [0.4, 0.5) is 10.5 Å². The van der Waals surface area contributed by atoms with Gasteiger partial charge in [-0.25, -0.2) is 13.2 Å². The maximum absolute atomic E-state index is 13.4. The summed E-state index contributed by atoms with van der Waals surface area (Å²) >= 11 is 2.19. The first-order valence-corrected chi connectivity index (χ1v) is 11.8. The molecule has 2 aromatic rings. The quantitative estimate of drug-likeness (QED) is 0.553. The lowest BCUT2D eigenvalue weighted by molar-refractivity contribution is 0.168. The van der Waals surface area contributed by atoms with Crippen molar-refractivity contribution in [2.45, 2.75) is 32.1 Å². The molecule has 6 nitrogen and oxygen atoms in total. The second kappa shape index (κ2) is 8.74. The Morgan fingerprint density at radius 1 is 1.14 bits per heavy atom. The molecule has 0 unspecified atom stereocenters. The molecule has 0 atom stereocenters. The molecule has 0 fully saturated rings. The Morgan fingerprint density at radius 2 is 1.79 bits per heavy atom. The zero-order valence-electron chi connectivity index (χ0n) is 16.5. The minimum absolute atomic E-state index is 0.249. The van der Waals surface area contributed by atoms with Crippen molar-refractivity contribution in [3.8, 4) is 0 Å². The fourth-order valence-corrected chi connectivity index (χ4v) is 5.67. The summed E-state index contributed by atoms with van der Waals surface area (Å²) in [7, 11) is -3.73. The molecule has 154 valence electrons. The van der Waals surface area contributed by atoms with Crippen LogP contribution in [-0.2, 0) is 14.8 Å². The smallest absolute Gasteiger partial charge is 0.411 e. The van der Waals surface area contributed by atoms with Crippen LogP contribution in [0.5, 0.6) is 0 Å². The van der Waals surface area contributed by atoms with Crippen molar-refractivity contribution in [1.29, 1.82) is 0 Å². The third kappa shape index (κ3) is 4.58. The van der Waals surface area contributed by atoms with E-state index < -0.39 is 16.1 Å². The molecule has 1 aliphatic heterocycles. The number of hydrogen-bond acceptors (Lipinski definition) is 4. The Morgan fingerprint density at radius 3 is 2.45 bits per heavy atom. The summed E-state index contributed by atoms with van der Waals surface area (Å²) < 4.78 is 34.1. The van der Waals surface area contributed by atoms with Gasteiger partial charge in [-0.3, -0.25) is 9.62 Å². The predicted molar refractivity (Wildman–Crippen MR) is 122 cm³/mol. The number of nitrogens with one attached hydrogen (secondary N) is 1. The van der Waals surface area contributed by atoms with Crippen molar-refractivity contribution in [1.82, 2.24) is 4.31 Å². The maximum Gasteiger partial charge on any atom is 0.411 e. The first kappa shape index (κ1) is 21.6. The summed E-state index contributed by atoms with van der Waals surface area (Å²) in [6.07, 6.45) is 0.0486. The van der Waals surface area contributed by atoms with Crippen molar-refractivity contribution in [3.63, 3.8) is 0 Å². The van der Waals surface area contributed by atoms with Gasteiger partial charge in [-0.15, -0.1) is 0 Å². The number of anilines is 1. The van der Waals surface area contributed by atoms with Crippen LogP contribution < -0.4 is 5.32 Å². The summed E-state index contributed by atoms with van der Waals surface area (Å²) in [4.78, 5) is 12.2. The molecular weight excluding hydrogens is 503 g/mol. The zero-order valence-corrected chi connectivity index (χ0v) is 19.5. The van der Waals surface area contributed by atoms with E-state index >= 15 is 0 Å². The topological polar surface area (TPSA) is 75.7 Å². The molecule has 0 aromatic heterocycles. The van der Waals surface area contributed by atoms with Gasteiger partial charge < -0.3 is 4.74 Å². The van der Waals surface area contributed by atoms with Gasteiger partial charge in [0.1, 0.15) is 0 Å². The predicted octanol–water partition coefficient (Wildman–Crippen LogP) is 5.07. The van der Waals surface area contributed by atoms with Gasteiger partial charge in [-0.2, -0.15) is 0 Å². The van der Waals surface area contributed by atoms with Gasteiger partial charge >= 0.3 is 6.09 Å². The number of halogens is 1. The summed E-state index contributed by atoms with van der Waals surface area (Å²) in [5.41, 5.74) is 3.74.